The van der Waals surface area contributed by atoms with Crippen LogP contribution in [-0.4, -0.2) is 120 Å². The highest BCUT2D eigenvalue weighted by atomic mass is 35.5. The quantitative estimate of drug-likeness (QED) is 0.0641. The molecule has 1 atom stereocenters. The van der Waals surface area contributed by atoms with Gasteiger partial charge in [-0.1, -0.05) is 109 Å². The van der Waals surface area contributed by atoms with E-state index in [4.69, 9.17) is 5.73 Å². The summed E-state index contributed by atoms with van der Waals surface area (Å²) in [6.45, 7) is 5.32. The second-order valence-corrected chi connectivity index (χ2v) is 25.5. The van der Waals surface area contributed by atoms with Gasteiger partial charge in [0.1, 0.15) is 0 Å². The van der Waals surface area contributed by atoms with Crippen LogP contribution >= 0.6 is 12.4 Å². The van der Waals surface area contributed by atoms with Crippen LogP contribution in [0.1, 0.15) is 91.2 Å². The van der Waals surface area contributed by atoms with Gasteiger partial charge >= 0.3 is 0 Å². The zero-order valence-corrected chi connectivity index (χ0v) is 54.5. The van der Waals surface area contributed by atoms with E-state index in [0.29, 0.717) is 46.0 Å². The number of allylic oxidation sites excluding steroid dienone is 6. The van der Waals surface area contributed by atoms with E-state index in [1.807, 2.05) is 152 Å². The maximum absolute atomic E-state index is 13.2. The lowest BCUT2D eigenvalue weighted by atomic mass is 9.95. The van der Waals surface area contributed by atoms with Crippen LogP contribution in [0.3, 0.4) is 0 Å². The molecule has 5 N–H and O–H groups in total. The molecule has 12 aromatic rings. The SMILES string of the molecule is CN(C)CCCn1cc(C2=C(c3c[nH]c4ccccc34)C(=O)CC2=O)c2ccccc21.CN1CCCC1CCCn1cc(C2=C(c3c[nH]c4ccccc34)C(=O)CC2=O)c2ccccc21.Cl.NCCCn1cc(C2=C(c3c[nH]c4ccccc34)C(=O)CC2=O)c2ccccc21. The number of aryl methyl sites for hydroxylation is 3. The Morgan fingerprint density at radius 3 is 1.07 bits per heavy atom. The fourth-order valence-corrected chi connectivity index (χ4v) is 14.9. The highest BCUT2D eigenvalue weighted by Crippen LogP contribution is 2.45. The Bertz CT molecular complexity index is 5130. The highest BCUT2D eigenvalue weighted by molar-refractivity contribution is 6.54. The summed E-state index contributed by atoms with van der Waals surface area (Å²) >= 11 is 0. The van der Waals surface area contributed by atoms with E-state index in [9.17, 15) is 28.8 Å². The normalized spacial score (nSPS) is 16.2. The first-order valence-corrected chi connectivity index (χ1v) is 32.8. The van der Waals surface area contributed by atoms with Gasteiger partial charge in [-0.2, -0.15) is 0 Å². The first-order chi connectivity index (χ1) is 45.8. The Morgan fingerprint density at radius 2 is 0.737 bits per heavy atom. The third-order valence-electron chi connectivity index (χ3n) is 19.4. The van der Waals surface area contributed by atoms with Crippen molar-refractivity contribution in [3.05, 3.63) is 216 Å². The van der Waals surface area contributed by atoms with Crippen LogP contribution in [0, 0.1) is 0 Å². The topological polar surface area (TPSA) is 197 Å². The molecule has 0 bridgehead atoms. The van der Waals surface area contributed by atoms with Crippen LogP contribution in [0.15, 0.2) is 183 Å². The Labute approximate surface area is 556 Å². The molecule has 6 aromatic heterocycles. The number of aromatic nitrogens is 6. The molecule has 0 radical (unpaired) electrons. The molecule has 3 aliphatic carbocycles. The molecule has 0 spiro atoms. The summed E-state index contributed by atoms with van der Waals surface area (Å²) in [5, 5.41) is 5.93. The van der Waals surface area contributed by atoms with Crippen molar-refractivity contribution >= 4 is 146 Å². The molecular weight excluding hydrogens is 1210 g/mol. The van der Waals surface area contributed by atoms with E-state index >= 15 is 0 Å². The maximum atomic E-state index is 13.2. The summed E-state index contributed by atoms with van der Waals surface area (Å²) in [5.41, 5.74) is 20.1. The smallest absolute Gasteiger partial charge is 0.172 e. The first kappa shape index (κ1) is 63.7. The molecule has 1 aliphatic heterocycles. The van der Waals surface area contributed by atoms with E-state index in [1.54, 1.807) is 0 Å². The average Bonchev–Trinajstić information content (AvgIpc) is 1.61. The molecule has 6 aromatic carbocycles. The summed E-state index contributed by atoms with van der Waals surface area (Å²) in [6.07, 6.45) is 18.2. The lowest BCUT2D eigenvalue weighted by Gasteiger charge is -2.19. The second kappa shape index (κ2) is 27.1. The number of aromatic amines is 3. The Kier molecular flexibility index (Phi) is 18.2. The van der Waals surface area contributed by atoms with Gasteiger partial charge in [-0.25, -0.2) is 0 Å². The number of nitrogens with two attached hydrogens (primary N) is 1. The zero-order valence-electron chi connectivity index (χ0n) is 53.7. The summed E-state index contributed by atoms with van der Waals surface area (Å²) in [5.74, 6) is -0.604. The number of fused-ring (bicyclic) bond motifs is 6. The molecule has 0 saturated carbocycles. The number of nitrogens with one attached hydrogen (secondary N) is 3. The molecule has 16 rings (SSSR count). The third kappa shape index (κ3) is 12.0. The summed E-state index contributed by atoms with van der Waals surface area (Å²) < 4.78 is 6.62. The van der Waals surface area contributed by atoms with Crippen molar-refractivity contribution in [1.82, 2.24) is 38.5 Å². The van der Waals surface area contributed by atoms with Gasteiger partial charge in [-0.05, 0) is 116 Å². The molecule has 15 nitrogen and oxygen atoms in total. The van der Waals surface area contributed by atoms with Crippen molar-refractivity contribution < 1.29 is 28.8 Å². The minimum atomic E-state index is -0.117. The largest absolute Gasteiger partial charge is 0.361 e. The van der Waals surface area contributed by atoms with Crippen LogP contribution in [0.25, 0.3) is 98.9 Å². The average molecular weight is 1280 g/mol. The first-order valence-electron chi connectivity index (χ1n) is 32.8. The Balaban J connectivity index is 0.000000129. The van der Waals surface area contributed by atoms with E-state index < -0.39 is 0 Å². The predicted octanol–water partition coefficient (Wildman–Crippen LogP) is 14.3. The number of ketones is 6. The number of hydrogen-bond donors (Lipinski definition) is 4. The van der Waals surface area contributed by atoms with Crippen LogP contribution in [-0.2, 0) is 48.4 Å². The number of nitrogens with zero attached hydrogens (tertiary/aromatic N) is 5. The number of para-hydroxylation sites is 6. The molecule has 0 amide bonds. The summed E-state index contributed by atoms with van der Waals surface area (Å²) in [4.78, 5) is 92.6. The molecular formula is C79H76ClN9O6. The Morgan fingerprint density at radius 1 is 0.421 bits per heavy atom. The lowest BCUT2D eigenvalue weighted by molar-refractivity contribution is -0.121. The van der Waals surface area contributed by atoms with Gasteiger partial charge in [0.25, 0.3) is 0 Å². The van der Waals surface area contributed by atoms with Gasteiger partial charge in [0.05, 0.1) is 19.3 Å². The number of carbonyl (C=O) groups excluding carboxylic acids is 6. The van der Waals surface area contributed by atoms with Crippen LogP contribution in [0.5, 0.6) is 0 Å². The number of rotatable bonds is 17. The van der Waals surface area contributed by atoms with Gasteiger partial charge in [-0.15, -0.1) is 12.4 Å². The number of H-pyrrole nitrogens is 3. The highest BCUT2D eigenvalue weighted by Gasteiger charge is 2.38. The Hall–Kier alpha value is -10.0. The van der Waals surface area contributed by atoms with Crippen molar-refractivity contribution in [2.24, 2.45) is 5.73 Å². The number of carbonyl (C=O) groups is 6. The van der Waals surface area contributed by atoms with Crippen molar-refractivity contribution in [3.8, 4) is 0 Å². The molecule has 1 saturated heterocycles. The van der Waals surface area contributed by atoms with Gasteiger partial charge in [0, 0.05) is 195 Å². The number of likely N-dealkylation sites (tertiary alicyclic amines) is 1. The zero-order chi connectivity index (χ0) is 64.7. The molecule has 1 fully saturated rings. The van der Waals surface area contributed by atoms with E-state index in [1.165, 1.54) is 25.8 Å². The van der Waals surface area contributed by atoms with E-state index in [2.05, 4.69) is 90.2 Å². The number of halogens is 1. The van der Waals surface area contributed by atoms with Gasteiger partial charge in [0.15, 0.2) is 34.7 Å². The molecule has 95 heavy (non-hydrogen) atoms. The minimum absolute atomic E-state index is 0. The van der Waals surface area contributed by atoms with Crippen molar-refractivity contribution in [3.63, 3.8) is 0 Å². The summed E-state index contributed by atoms with van der Waals surface area (Å²) in [7, 11) is 6.36. The number of Topliss-reactive ketones (excluding diaryl/α,β-unsaturated/α-hetero) is 6. The van der Waals surface area contributed by atoms with Gasteiger partial charge in [0.2, 0.25) is 0 Å². The molecule has 4 aliphatic rings. The standard InChI is InChI=1S/C29H29N3O2.C26H25N3O2.C24H21N3O2.ClH/c1-31-14-6-8-19(31)9-7-15-32-18-23(21-11-3-5-13-25(21)32)29-27(34)16-26(33)28(29)22-17-30-24-12-4-2-10-20(22)24;1-28(2)12-7-13-29-16-20(18-9-4-6-11-22(18)29)26-24(31)14-23(30)25(26)19-15-27-21-10-5-3-8-17(19)21;25-10-5-11-27-14-18(16-7-2-4-9-20(16)27)24-22(29)12-21(28)23(24)17-13-26-19-8-3-1-6-15(17)19;/h2-5,10-13,17-19,30H,6-9,14-16H2,1H3;3-6,8-11,15-16,27H,7,12-14H2,1-2H3;1-4,6-9,13-14,26H,5,10-12,25H2;1H. The lowest BCUT2D eigenvalue weighted by Crippen LogP contribution is -2.24. The van der Waals surface area contributed by atoms with Gasteiger partial charge in [-0.3, -0.25) is 28.8 Å². The van der Waals surface area contributed by atoms with Crippen molar-refractivity contribution in [2.45, 2.75) is 83.5 Å². The third-order valence-corrected chi connectivity index (χ3v) is 19.4. The molecule has 480 valence electrons. The van der Waals surface area contributed by atoms with Crippen molar-refractivity contribution in [1.29, 1.82) is 0 Å². The van der Waals surface area contributed by atoms with Crippen LogP contribution in [0.4, 0.5) is 0 Å². The predicted molar refractivity (Wildman–Crippen MR) is 384 cm³/mol. The minimum Gasteiger partial charge on any atom is -0.361 e. The molecule has 16 heteroatoms. The van der Waals surface area contributed by atoms with Crippen molar-refractivity contribution in [2.75, 3.05) is 40.8 Å². The van der Waals surface area contributed by atoms with Crippen LogP contribution in [0.2, 0.25) is 0 Å². The van der Waals surface area contributed by atoms with Gasteiger partial charge < -0.3 is 44.2 Å². The molecule has 1 unspecified atom stereocenters. The second-order valence-electron chi connectivity index (χ2n) is 25.5. The molecule has 7 heterocycles. The summed E-state index contributed by atoms with van der Waals surface area (Å²) in [6, 6.07) is 48.7. The van der Waals surface area contributed by atoms with E-state index in [0.717, 1.165) is 144 Å². The van der Waals surface area contributed by atoms with Crippen LogP contribution < -0.4 is 5.73 Å². The number of benzene rings is 6. The number of hydrogen-bond acceptors (Lipinski definition) is 9. The fraction of sp³-hybridized carbons (Fsp3) is 0.241. The fourth-order valence-electron chi connectivity index (χ4n) is 14.9. The monoisotopic (exact) mass is 1280 g/mol. The maximum Gasteiger partial charge on any atom is 0.172 e. The van der Waals surface area contributed by atoms with E-state index in [-0.39, 0.29) is 66.4 Å².